The second-order valence-corrected chi connectivity index (χ2v) is 5.26. The van der Waals surface area contributed by atoms with Crippen molar-refractivity contribution in [3.63, 3.8) is 0 Å². The number of aromatic nitrogens is 3. The number of aryl methyl sites for hydroxylation is 2. The quantitative estimate of drug-likeness (QED) is 0.473. The fraction of sp³-hybridized carbons (Fsp3) is 0.214. The second kappa shape index (κ2) is 5.16. The number of benzene rings is 1. The van der Waals surface area contributed by atoms with E-state index in [1.165, 1.54) is 6.92 Å². The number of hydrogen-bond acceptors (Lipinski definition) is 4. The van der Waals surface area contributed by atoms with Gasteiger partial charge in [-0.15, -0.1) is 0 Å². The first-order valence-corrected chi connectivity index (χ1v) is 6.73. The van der Waals surface area contributed by atoms with Crippen molar-refractivity contribution in [3.8, 4) is 11.5 Å². The Bertz CT molecular complexity index is 921. The molecule has 0 N–H and O–H groups in total. The predicted octanol–water partition coefficient (Wildman–Crippen LogP) is 4.71. The third kappa shape index (κ3) is 2.63. The number of hydrogen-bond donors (Lipinski definition) is 0. The summed E-state index contributed by atoms with van der Waals surface area (Å²) in [5.41, 5.74) is -0.907. The van der Waals surface area contributed by atoms with Crippen LogP contribution in [0.25, 0.3) is 22.4 Å². The normalized spacial score (nSPS) is 12.1. The SMILES string of the molecule is Cc1noc(-c2c(Cl)nc3c(F)cc(C(F)(F)F)cc3c2C)n1. The summed E-state index contributed by atoms with van der Waals surface area (Å²) in [5, 5.41) is 3.45. The maximum atomic E-state index is 14.0. The van der Waals surface area contributed by atoms with E-state index in [2.05, 4.69) is 15.1 Å². The van der Waals surface area contributed by atoms with Crippen LogP contribution in [0.3, 0.4) is 0 Å². The largest absolute Gasteiger partial charge is 0.416 e. The summed E-state index contributed by atoms with van der Waals surface area (Å²) in [7, 11) is 0. The van der Waals surface area contributed by atoms with Crippen LogP contribution in [0.4, 0.5) is 17.6 Å². The van der Waals surface area contributed by atoms with Crippen LogP contribution in [-0.2, 0) is 6.18 Å². The molecule has 2 aromatic heterocycles. The number of nitrogens with zero attached hydrogens (tertiary/aromatic N) is 3. The molecule has 9 heteroatoms. The molecule has 3 aromatic rings. The maximum absolute atomic E-state index is 14.0. The Morgan fingerprint density at radius 1 is 1.13 bits per heavy atom. The summed E-state index contributed by atoms with van der Waals surface area (Å²) in [6.45, 7) is 3.07. The molecule has 4 nitrogen and oxygen atoms in total. The molecule has 0 saturated heterocycles. The first-order chi connectivity index (χ1) is 10.7. The van der Waals surface area contributed by atoms with Gasteiger partial charge in [-0.1, -0.05) is 16.8 Å². The molecule has 0 aliphatic heterocycles. The van der Waals surface area contributed by atoms with Crippen molar-refractivity contribution in [2.45, 2.75) is 20.0 Å². The Balaban J connectivity index is 2.36. The Kier molecular flexibility index (Phi) is 3.51. The van der Waals surface area contributed by atoms with Gasteiger partial charge in [0.05, 0.1) is 11.1 Å². The Morgan fingerprint density at radius 3 is 2.39 bits per heavy atom. The van der Waals surface area contributed by atoms with E-state index in [9.17, 15) is 17.6 Å². The van der Waals surface area contributed by atoms with E-state index in [1.54, 1.807) is 6.92 Å². The first kappa shape index (κ1) is 15.7. The smallest absolute Gasteiger partial charge is 0.334 e. The summed E-state index contributed by atoms with van der Waals surface area (Å²) >= 11 is 6.03. The van der Waals surface area contributed by atoms with Gasteiger partial charge in [-0.25, -0.2) is 9.37 Å². The molecule has 0 unspecified atom stereocenters. The Morgan fingerprint density at radius 2 is 1.83 bits per heavy atom. The van der Waals surface area contributed by atoms with Gasteiger partial charge in [0.15, 0.2) is 5.82 Å². The Hall–Kier alpha value is -2.22. The molecule has 0 fully saturated rings. The molecule has 0 aliphatic rings. The average molecular weight is 346 g/mol. The average Bonchev–Trinajstić information content (AvgIpc) is 2.85. The van der Waals surface area contributed by atoms with Crippen molar-refractivity contribution in [2.75, 3.05) is 0 Å². The standard InChI is InChI=1S/C14H8ClF4N3O/c1-5-8-3-7(14(17,18)19)4-9(16)11(8)21-12(15)10(5)13-20-6(2)22-23-13/h3-4H,1-2H3. The van der Waals surface area contributed by atoms with Gasteiger partial charge in [0.25, 0.3) is 5.89 Å². The highest BCUT2D eigenvalue weighted by Gasteiger charge is 2.32. The molecule has 23 heavy (non-hydrogen) atoms. The third-order valence-corrected chi connectivity index (χ3v) is 3.60. The molecule has 0 aliphatic carbocycles. The van der Waals surface area contributed by atoms with E-state index in [1.807, 2.05) is 0 Å². The van der Waals surface area contributed by atoms with Crippen LogP contribution in [0.1, 0.15) is 17.0 Å². The topological polar surface area (TPSA) is 51.8 Å². The van der Waals surface area contributed by atoms with Crippen molar-refractivity contribution in [2.24, 2.45) is 0 Å². The summed E-state index contributed by atoms with van der Waals surface area (Å²) < 4.78 is 57.6. The van der Waals surface area contributed by atoms with Gasteiger partial charge in [0.1, 0.15) is 16.5 Å². The molecule has 0 bridgehead atoms. The monoisotopic (exact) mass is 345 g/mol. The predicted molar refractivity (Wildman–Crippen MR) is 74.5 cm³/mol. The lowest BCUT2D eigenvalue weighted by Gasteiger charge is -2.12. The fourth-order valence-electron chi connectivity index (χ4n) is 2.25. The molecule has 120 valence electrons. The number of alkyl halides is 3. The van der Waals surface area contributed by atoms with Crippen molar-refractivity contribution in [3.05, 3.63) is 40.1 Å². The van der Waals surface area contributed by atoms with Crippen molar-refractivity contribution in [1.29, 1.82) is 0 Å². The van der Waals surface area contributed by atoms with Gasteiger partial charge in [-0.05, 0) is 31.5 Å². The van der Waals surface area contributed by atoms with Crippen LogP contribution >= 0.6 is 11.6 Å². The van der Waals surface area contributed by atoms with Crippen LogP contribution in [-0.4, -0.2) is 15.1 Å². The van der Waals surface area contributed by atoms with Crippen LogP contribution in [0.5, 0.6) is 0 Å². The van der Waals surface area contributed by atoms with Gasteiger partial charge in [-0.2, -0.15) is 18.2 Å². The van der Waals surface area contributed by atoms with Gasteiger partial charge >= 0.3 is 6.18 Å². The molecule has 3 rings (SSSR count). The molecular formula is C14H8ClF4N3O. The highest BCUT2D eigenvalue weighted by atomic mass is 35.5. The fourth-order valence-corrected chi connectivity index (χ4v) is 2.56. The molecular weight excluding hydrogens is 338 g/mol. The number of pyridine rings is 1. The molecule has 0 atom stereocenters. The minimum Gasteiger partial charge on any atom is -0.334 e. The lowest BCUT2D eigenvalue weighted by atomic mass is 10.0. The third-order valence-electron chi connectivity index (χ3n) is 3.33. The second-order valence-electron chi connectivity index (χ2n) is 4.90. The number of fused-ring (bicyclic) bond motifs is 1. The van der Waals surface area contributed by atoms with Crippen LogP contribution in [0, 0.1) is 19.7 Å². The zero-order chi connectivity index (χ0) is 16.9. The molecule has 0 saturated carbocycles. The van der Waals surface area contributed by atoms with Crippen molar-refractivity contribution >= 4 is 22.5 Å². The van der Waals surface area contributed by atoms with Gasteiger partial charge in [0, 0.05) is 5.39 Å². The van der Waals surface area contributed by atoms with E-state index >= 15 is 0 Å². The zero-order valence-electron chi connectivity index (χ0n) is 11.8. The summed E-state index contributed by atoms with van der Waals surface area (Å²) in [5.74, 6) is -0.768. The lowest BCUT2D eigenvalue weighted by Crippen LogP contribution is -2.06. The Labute approximate surface area is 132 Å². The van der Waals surface area contributed by atoms with E-state index in [0.29, 0.717) is 11.9 Å². The van der Waals surface area contributed by atoms with Crippen molar-refractivity contribution < 1.29 is 22.1 Å². The minimum atomic E-state index is -4.68. The first-order valence-electron chi connectivity index (χ1n) is 6.35. The molecule has 1 aromatic carbocycles. The van der Waals surface area contributed by atoms with E-state index < -0.39 is 17.6 Å². The van der Waals surface area contributed by atoms with Gasteiger partial charge in [-0.3, -0.25) is 0 Å². The maximum Gasteiger partial charge on any atom is 0.416 e. The lowest BCUT2D eigenvalue weighted by molar-refractivity contribution is -0.137. The van der Waals surface area contributed by atoms with Crippen LogP contribution in [0.2, 0.25) is 5.15 Å². The summed E-state index contributed by atoms with van der Waals surface area (Å²) in [4.78, 5) is 7.82. The van der Waals surface area contributed by atoms with Crippen LogP contribution < -0.4 is 0 Å². The minimum absolute atomic E-state index is 0.0113. The summed E-state index contributed by atoms with van der Waals surface area (Å²) in [6.07, 6.45) is -4.68. The van der Waals surface area contributed by atoms with Crippen molar-refractivity contribution in [1.82, 2.24) is 15.1 Å². The van der Waals surface area contributed by atoms with E-state index in [0.717, 1.165) is 6.07 Å². The highest BCUT2D eigenvalue weighted by molar-refractivity contribution is 6.32. The van der Waals surface area contributed by atoms with Crippen LogP contribution in [0.15, 0.2) is 16.7 Å². The molecule has 2 heterocycles. The molecule has 0 spiro atoms. The van der Waals surface area contributed by atoms with E-state index in [4.69, 9.17) is 16.1 Å². The molecule has 0 amide bonds. The number of halogens is 5. The highest BCUT2D eigenvalue weighted by Crippen LogP contribution is 2.38. The zero-order valence-corrected chi connectivity index (χ0v) is 12.6. The number of rotatable bonds is 1. The summed E-state index contributed by atoms with van der Waals surface area (Å²) in [6, 6.07) is 1.21. The van der Waals surface area contributed by atoms with Gasteiger partial charge in [0.2, 0.25) is 0 Å². The van der Waals surface area contributed by atoms with E-state index in [-0.39, 0.29) is 33.1 Å². The van der Waals surface area contributed by atoms with Gasteiger partial charge < -0.3 is 4.52 Å². The molecule has 0 radical (unpaired) electrons.